The molecule has 1 aromatic heterocycles. The first kappa shape index (κ1) is 9.47. The Kier molecular flexibility index (Phi) is 2.80. The first-order valence-electron chi connectivity index (χ1n) is 4.80. The van der Waals surface area contributed by atoms with Crippen molar-refractivity contribution in [1.82, 2.24) is 15.0 Å². The van der Waals surface area contributed by atoms with Crippen LogP contribution < -0.4 is 0 Å². The van der Waals surface area contributed by atoms with Gasteiger partial charge in [0, 0.05) is 12.8 Å². The van der Waals surface area contributed by atoms with E-state index in [4.69, 9.17) is 6.42 Å². The Balaban J connectivity index is 2.18. The third kappa shape index (κ3) is 2.23. The van der Waals surface area contributed by atoms with Gasteiger partial charge in [-0.05, 0) is 12.1 Å². The second-order valence-corrected chi connectivity index (χ2v) is 3.19. The third-order valence-corrected chi connectivity index (χ3v) is 2.09. The fourth-order valence-corrected chi connectivity index (χ4v) is 1.32. The number of aromatic nitrogens is 3. The fraction of sp³-hybridized carbons (Fsp3) is 0.167. The van der Waals surface area contributed by atoms with E-state index in [2.05, 4.69) is 16.2 Å². The van der Waals surface area contributed by atoms with Gasteiger partial charge in [-0.3, -0.25) is 0 Å². The molecule has 3 nitrogen and oxygen atoms in total. The van der Waals surface area contributed by atoms with Crippen LogP contribution in [0.1, 0.15) is 12.1 Å². The lowest BCUT2D eigenvalue weighted by molar-refractivity contribution is 0.796. The molecule has 3 heteroatoms. The van der Waals surface area contributed by atoms with Crippen molar-refractivity contribution < 1.29 is 0 Å². The van der Waals surface area contributed by atoms with Gasteiger partial charge in [-0.1, -0.05) is 23.4 Å². The number of benzene rings is 1. The number of hydrogen-bond donors (Lipinski definition) is 0. The summed E-state index contributed by atoms with van der Waals surface area (Å²) in [6, 6.07) is 9.88. The van der Waals surface area contributed by atoms with Gasteiger partial charge in [-0.15, -0.1) is 17.4 Å². The molecule has 0 saturated carbocycles. The van der Waals surface area contributed by atoms with Crippen molar-refractivity contribution in [3.63, 3.8) is 0 Å². The van der Waals surface area contributed by atoms with Gasteiger partial charge in [0.05, 0.1) is 17.6 Å². The van der Waals surface area contributed by atoms with Crippen LogP contribution in [-0.2, 0) is 6.42 Å². The zero-order chi connectivity index (χ0) is 10.5. The first-order chi connectivity index (χ1) is 7.40. The topological polar surface area (TPSA) is 30.7 Å². The average Bonchev–Trinajstić information content (AvgIpc) is 2.76. The van der Waals surface area contributed by atoms with Gasteiger partial charge in [0.1, 0.15) is 0 Å². The van der Waals surface area contributed by atoms with E-state index in [1.807, 2.05) is 36.5 Å². The molecule has 0 atom stereocenters. The standard InChI is InChI=1S/C12H11N3/c1-2-3-7-11-10-15(14-13-11)12-8-5-4-6-9-12/h1,4-6,8-10H,3,7H2. The maximum atomic E-state index is 5.19. The molecule has 0 spiro atoms. The van der Waals surface area contributed by atoms with E-state index in [0.717, 1.165) is 17.8 Å². The molecule has 0 amide bonds. The maximum Gasteiger partial charge on any atom is 0.0841 e. The molecule has 0 bridgehead atoms. The molecule has 0 aliphatic rings. The summed E-state index contributed by atoms with van der Waals surface area (Å²) >= 11 is 0. The van der Waals surface area contributed by atoms with Crippen LogP contribution in [-0.4, -0.2) is 15.0 Å². The number of para-hydroxylation sites is 1. The lowest BCUT2D eigenvalue weighted by atomic mass is 10.2. The molecule has 0 unspecified atom stereocenters. The number of terminal acetylenes is 1. The van der Waals surface area contributed by atoms with Gasteiger partial charge in [0.15, 0.2) is 0 Å². The molecule has 2 rings (SSSR count). The van der Waals surface area contributed by atoms with Crippen molar-refractivity contribution >= 4 is 0 Å². The molecule has 0 saturated heterocycles. The molecule has 0 N–H and O–H groups in total. The Morgan fingerprint density at radius 1 is 1.27 bits per heavy atom. The van der Waals surface area contributed by atoms with Crippen LogP contribution in [0.3, 0.4) is 0 Å². The van der Waals surface area contributed by atoms with E-state index in [1.165, 1.54) is 0 Å². The molecular formula is C12H11N3. The summed E-state index contributed by atoms with van der Waals surface area (Å²) in [7, 11) is 0. The number of rotatable bonds is 3. The van der Waals surface area contributed by atoms with Gasteiger partial charge < -0.3 is 0 Å². The van der Waals surface area contributed by atoms with Gasteiger partial charge in [0.25, 0.3) is 0 Å². The van der Waals surface area contributed by atoms with E-state index in [9.17, 15) is 0 Å². The summed E-state index contributed by atoms with van der Waals surface area (Å²) in [4.78, 5) is 0. The minimum atomic E-state index is 0.702. The predicted molar refractivity (Wildman–Crippen MR) is 58.5 cm³/mol. The molecule has 2 aromatic rings. The smallest absolute Gasteiger partial charge is 0.0841 e. The van der Waals surface area contributed by atoms with E-state index in [1.54, 1.807) is 4.68 Å². The minimum Gasteiger partial charge on any atom is -0.220 e. The summed E-state index contributed by atoms with van der Waals surface area (Å²) in [6.45, 7) is 0. The summed E-state index contributed by atoms with van der Waals surface area (Å²) in [5, 5.41) is 8.08. The van der Waals surface area contributed by atoms with Crippen LogP contribution in [0.4, 0.5) is 0 Å². The van der Waals surface area contributed by atoms with Crippen molar-refractivity contribution in [2.24, 2.45) is 0 Å². The van der Waals surface area contributed by atoms with Crippen molar-refractivity contribution in [3.05, 3.63) is 42.2 Å². The molecular weight excluding hydrogens is 186 g/mol. The monoisotopic (exact) mass is 197 g/mol. The summed E-state index contributed by atoms with van der Waals surface area (Å²) < 4.78 is 1.76. The Hall–Kier alpha value is -2.08. The Labute approximate surface area is 88.7 Å². The molecule has 0 aliphatic carbocycles. The summed E-state index contributed by atoms with van der Waals surface area (Å²) in [5.74, 6) is 2.59. The largest absolute Gasteiger partial charge is 0.220 e. The highest BCUT2D eigenvalue weighted by Crippen LogP contribution is 2.06. The molecule has 0 fully saturated rings. The Morgan fingerprint density at radius 2 is 2.07 bits per heavy atom. The second-order valence-electron chi connectivity index (χ2n) is 3.19. The van der Waals surface area contributed by atoms with Gasteiger partial charge >= 0.3 is 0 Å². The van der Waals surface area contributed by atoms with Gasteiger partial charge in [0.2, 0.25) is 0 Å². The predicted octanol–water partition coefficient (Wildman–Crippen LogP) is 1.83. The fourth-order valence-electron chi connectivity index (χ4n) is 1.32. The highest BCUT2D eigenvalue weighted by Gasteiger charge is 2.00. The number of hydrogen-bond acceptors (Lipinski definition) is 2. The van der Waals surface area contributed by atoms with E-state index in [0.29, 0.717) is 6.42 Å². The zero-order valence-corrected chi connectivity index (χ0v) is 8.30. The van der Waals surface area contributed by atoms with Crippen molar-refractivity contribution in [3.8, 4) is 18.0 Å². The van der Waals surface area contributed by atoms with E-state index in [-0.39, 0.29) is 0 Å². The SMILES string of the molecule is C#CCCc1cn(-c2ccccc2)nn1. The third-order valence-electron chi connectivity index (χ3n) is 2.09. The number of aryl methyl sites for hydroxylation is 1. The summed E-state index contributed by atoms with van der Waals surface area (Å²) in [5.41, 5.74) is 1.94. The summed E-state index contributed by atoms with van der Waals surface area (Å²) in [6.07, 6.45) is 8.58. The van der Waals surface area contributed by atoms with Gasteiger partial charge in [-0.2, -0.15) is 0 Å². The zero-order valence-electron chi connectivity index (χ0n) is 8.30. The van der Waals surface area contributed by atoms with Crippen molar-refractivity contribution in [1.29, 1.82) is 0 Å². The Bertz CT molecular complexity index is 465. The highest BCUT2D eigenvalue weighted by atomic mass is 15.4. The highest BCUT2D eigenvalue weighted by molar-refractivity contribution is 5.29. The lowest BCUT2D eigenvalue weighted by Gasteiger charge is -1.96. The van der Waals surface area contributed by atoms with Crippen LogP contribution in [0.15, 0.2) is 36.5 Å². The van der Waals surface area contributed by atoms with Crippen LogP contribution in [0.2, 0.25) is 0 Å². The van der Waals surface area contributed by atoms with Gasteiger partial charge in [-0.25, -0.2) is 4.68 Å². The minimum absolute atomic E-state index is 0.702. The molecule has 74 valence electrons. The molecule has 1 heterocycles. The quantitative estimate of drug-likeness (QED) is 0.703. The molecule has 15 heavy (non-hydrogen) atoms. The van der Waals surface area contributed by atoms with Crippen molar-refractivity contribution in [2.45, 2.75) is 12.8 Å². The first-order valence-corrected chi connectivity index (χ1v) is 4.80. The lowest BCUT2D eigenvalue weighted by Crippen LogP contribution is -1.93. The van der Waals surface area contributed by atoms with Crippen LogP contribution in [0.25, 0.3) is 5.69 Å². The molecule has 0 radical (unpaired) electrons. The molecule has 0 aliphatic heterocycles. The maximum absolute atomic E-state index is 5.19. The van der Waals surface area contributed by atoms with Crippen LogP contribution >= 0.6 is 0 Å². The average molecular weight is 197 g/mol. The Morgan fingerprint density at radius 3 is 2.80 bits per heavy atom. The van der Waals surface area contributed by atoms with Crippen molar-refractivity contribution in [2.75, 3.05) is 0 Å². The van der Waals surface area contributed by atoms with E-state index >= 15 is 0 Å². The van der Waals surface area contributed by atoms with Crippen LogP contribution in [0, 0.1) is 12.3 Å². The number of nitrogens with zero attached hydrogens (tertiary/aromatic N) is 3. The normalized spacial score (nSPS) is 9.80. The molecule has 1 aromatic carbocycles. The van der Waals surface area contributed by atoms with Crippen LogP contribution in [0.5, 0.6) is 0 Å². The van der Waals surface area contributed by atoms with E-state index < -0.39 is 0 Å². The second kappa shape index (κ2) is 4.43.